The molecule has 0 aliphatic heterocycles. The fraction of sp³-hybridized carbons (Fsp3) is 1.00. The number of aliphatic hydroxyl groups is 1. The van der Waals surface area contributed by atoms with Crippen molar-refractivity contribution in [2.45, 2.75) is 46.3 Å². The van der Waals surface area contributed by atoms with E-state index in [9.17, 15) is 5.11 Å². The SMILES string of the molecule is CC(C)C(C)NCC(C)(C)O. The van der Waals surface area contributed by atoms with Gasteiger partial charge in [-0.1, -0.05) is 13.8 Å². The van der Waals surface area contributed by atoms with Crippen molar-refractivity contribution in [3.63, 3.8) is 0 Å². The zero-order chi connectivity index (χ0) is 9.07. The van der Waals surface area contributed by atoms with Gasteiger partial charge in [0.1, 0.15) is 0 Å². The van der Waals surface area contributed by atoms with Crippen LogP contribution < -0.4 is 5.32 Å². The van der Waals surface area contributed by atoms with Crippen molar-refractivity contribution in [2.75, 3.05) is 6.54 Å². The van der Waals surface area contributed by atoms with Crippen molar-refractivity contribution in [3.8, 4) is 0 Å². The summed E-state index contributed by atoms with van der Waals surface area (Å²) in [5.74, 6) is 0.623. The van der Waals surface area contributed by atoms with Crippen LogP contribution in [0, 0.1) is 5.92 Å². The highest BCUT2D eigenvalue weighted by atomic mass is 16.3. The van der Waals surface area contributed by atoms with Crippen molar-refractivity contribution >= 4 is 0 Å². The zero-order valence-electron chi connectivity index (χ0n) is 8.31. The van der Waals surface area contributed by atoms with E-state index in [1.807, 2.05) is 13.8 Å². The van der Waals surface area contributed by atoms with E-state index in [-0.39, 0.29) is 0 Å². The fourth-order valence-electron chi connectivity index (χ4n) is 0.646. The number of hydrogen-bond donors (Lipinski definition) is 2. The van der Waals surface area contributed by atoms with Crippen LogP contribution in [-0.2, 0) is 0 Å². The van der Waals surface area contributed by atoms with E-state index in [4.69, 9.17) is 0 Å². The molecule has 2 N–H and O–H groups in total. The summed E-state index contributed by atoms with van der Waals surface area (Å²) >= 11 is 0. The summed E-state index contributed by atoms with van der Waals surface area (Å²) in [6, 6.07) is 0.474. The number of rotatable bonds is 4. The van der Waals surface area contributed by atoms with Crippen LogP contribution >= 0.6 is 0 Å². The van der Waals surface area contributed by atoms with Crippen LogP contribution in [0.25, 0.3) is 0 Å². The molecule has 0 aliphatic rings. The second-order valence-electron chi connectivity index (χ2n) is 4.23. The molecule has 0 heterocycles. The molecule has 11 heavy (non-hydrogen) atoms. The van der Waals surface area contributed by atoms with Gasteiger partial charge in [0.25, 0.3) is 0 Å². The van der Waals surface area contributed by atoms with Crippen molar-refractivity contribution in [3.05, 3.63) is 0 Å². The van der Waals surface area contributed by atoms with Crippen LogP contribution in [0.15, 0.2) is 0 Å². The fourth-order valence-corrected chi connectivity index (χ4v) is 0.646. The van der Waals surface area contributed by atoms with Gasteiger partial charge in [-0.25, -0.2) is 0 Å². The normalized spacial score (nSPS) is 15.5. The molecule has 0 bridgehead atoms. The van der Waals surface area contributed by atoms with Gasteiger partial charge in [-0.05, 0) is 26.7 Å². The maximum absolute atomic E-state index is 9.39. The van der Waals surface area contributed by atoms with E-state index < -0.39 is 5.60 Å². The first kappa shape index (κ1) is 10.9. The molecule has 2 heteroatoms. The summed E-state index contributed by atoms with van der Waals surface area (Å²) in [5.41, 5.74) is -0.594. The molecule has 0 spiro atoms. The summed E-state index contributed by atoms with van der Waals surface area (Å²) < 4.78 is 0. The molecule has 68 valence electrons. The predicted molar refractivity (Wildman–Crippen MR) is 48.6 cm³/mol. The molecule has 0 aromatic rings. The molecule has 0 aromatic carbocycles. The van der Waals surface area contributed by atoms with Gasteiger partial charge in [0.05, 0.1) is 5.60 Å². The second-order valence-corrected chi connectivity index (χ2v) is 4.23. The summed E-state index contributed by atoms with van der Waals surface area (Å²) in [6.45, 7) is 10.8. The average molecular weight is 159 g/mol. The van der Waals surface area contributed by atoms with Gasteiger partial charge in [-0.2, -0.15) is 0 Å². The monoisotopic (exact) mass is 159 g/mol. The lowest BCUT2D eigenvalue weighted by atomic mass is 10.0. The van der Waals surface area contributed by atoms with Crippen LogP contribution in [0.3, 0.4) is 0 Å². The minimum Gasteiger partial charge on any atom is -0.389 e. The smallest absolute Gasteiger partial charge is 0.0715 e. The zero-order valence-corrected chi connectivity index (χ0v) is 8.31. The molecule has 1 atom stereocenters. The molecule has 0 aromatic heterocycles. The summed E-state index contributed by atoms with van der Waals surface area (Å²) in [5, 5.41) is 12.7. The van der Waals surface area contributed by atoms with Gasteiger partial charge in [-0.3, -0.25) is 0 Å². The first-order valence-corrected chi connectivity index (χ1v) is 4.28. The van der Waals surface area contributed by atoms with E-state index in [2.05, 4.69) is 26.1 Å². The van der Waals surface area contributed by atoms with E-state index in [1.165, 1.54) is 0 Å². The Bertz CT molecular complexity index is 105. The average Bonchev–Trinajstić information content (AvgIpc) is 1.80. The van der Waals surface area contributed by atoms with Gasteiger partial charge in [0, 0.05) is 12.6 Å². The van der Waals surface area contributed by atoms with Crippen LogP contribution in [-0.4, -0.2) is 23.3 Å². The molecule has 0 rings (SSSR count). The number of nitrogens with one attached hydrogen (secondary N) is 1. The highest BCUT2D eigenvalue weighted by molar-refractivity contribution is 4.72. The largest absolute Gasteiger partial charge is 0.389 e. The molecule has 0 aliphatic carbocycles. The molecule has 0 saturated heterocycles. The molecule has 1 unspecified atom stereocenters. The highest BCUT2D eigenvalue weighted by Crippen LogP contribution is 2.03. The first-order chi connectivity index (χ1) is 4.83. The molecular formula is C9H21NO. The number of hydrogen-bond acceptors (Lipinski definition) is 2. The van der Waals surface area contributed by atoms with Crippen molar-refractivity contribution in [1.82, 2.24) is 5.32 Å². The molecule has 0 fully saturated rings. The van der Waals surface area contributed by atoms with Crippen molar-refractivity contribution in [2.24, 2.45) is 5.92 Å². The van der Waals surface area contributed by atoms with Crippen LogP contribution in [0.4, 0.5) is 0 Å². The second kappa shape index (κ2) is 4.07. The van der Waals surface area contributed by atoms with E-state index in [0.29, 0.717) is 18.5 Å². The van der Waals surface area contributed by atoms with Gasteiger partial charge in [-0.15, -0.1) is 0 Å². The third-order valence-electron chi connectivity index (χ3n) is 1.86. The van der Waals surface area contributed by atoms with Crippen LogP contribution in [0.2, 0.25) is 0 Å². The lowest BCUT2D eigenvalue weighted by Gasteiger charge is -2.23. The van der Waals surface area contributed by atoms with E-state index in [1.54, 1.807) is 0 Å². The Kier molecular flexibility index (Phi) is 4.04. The van der Waals surface area contributed by atoms with Crippen LogP contribution in [0.1, 0.15) is 34.6 Å². The lowest BCUT2D eigenvalue weighted by Crippen LogP contribution is -2.41. The maximum atomic E-state index is 9.39. The maximum Gasteiger partial charge on any atom is 0.0715 e. The molecule has 0 amide bonds. The molecule has 2 nitrogen and oxygen atoms in total. The van der Waals surface area contributed by atoms with Gasteiger partial charge >= 0.3 is 0 Å². The van der Waals surface area contributed by atoms with E-state index in [0.717, 1.165) is 0 Å². The van der Waals surface area contributed by atoms with Gasteiger partial charge in [0.2, 0.25) is 0 Å². The molecule has 0 saturated carbocycles. The Morgan fingerprint density at radius 2 is 1.73 bits per heavy atom. The van der Waals surface area contributed by atoms with Crippen molar-refractivity contribution < 1.29 is 5.11 Å². The summed E-state index contributed by atoms with van der Waals surface area (Å²) in [7, 11) is 0. The summed E-state index contributed by atoms with van der Waals surface area (Å²) in [6.07, 6.45) is 0. The van der Waals surface area contributed by atoms with Gasteiger partial charge < -0.3 is 10.4 Å². The Morgan fingerprint density at radius 3 is 2.00 bits per heavy atom. The van der Waals surface area contributed by atoms with Crippen LogP contribution in [0.5, 0.6) is 0 Å². The summed E-state index contributed by atoms with van der Waals surface area (Å²) in [4.78, 5) is 0. The van der Waals surface area contributed by atoms with Gasteiger partial charge in [0.15, 0.2) is 0 Å². The minimum atomic E-state index is -0.594. The minimum absolute atomic E-state index is 0.474. The Hall–Kier alpha value is -0.0800. The Balaban J connectivity index is 3.54. The van der Waals surface area contributed by atoms with Crippen molar-refractivity contribution in [1.29, 1.82) is 0 Å². The lowest BCUT2D eigenvalue weighted by molar-refractivity contribution is 0.0752. The molecule has 0 radical (unpaired) electrons. The predicted octanol–water partition coefficient (Wildman–Crippen LogP) is 1.39. The topological polar surface area (TPSA) is 32.3 Å². The molecular weight excluding hydrogens is 138 g/mol. The highest BCUT2D eigenvalue weighted by Gasteiger charge is 2.14. The Morgan fingerprint density at radius 1 is 1.27 bits per heavy atom. The third-order valence-corrected chi connectivity index (χ3v) is 1.86. The van der Waals surface area contributed by atoms with E-state index >= 15 is 0 Å². The first-order valence-electron chi connectivity index (χ1n) is 4.28. The third kappa shape index (κ3) is 6.32. The standard InChI is InChI=1S/C9H21NO/c1-7(2)8(3)10-6-9(4,5)11/h7-8,10-11H,6H2,1-5H3. The quantitative estimate of drug-likeness (QED) is 0.649. The Labute approximate surface area is 70.0 Å².